The van der Waals surface area contributed by atoms with Gasteiger partial charge in [0.25, 0.3) is 0 Å². The largest absolute Gasteiger partial charge is 0.507 e. The van der Waals surface area contributed by atoms with Gasteiger partial charge in [-0.1, -0.05) is 64.1 Å². The third kappa shape index (κ3) is 5.65. The van der Waals surface area contributed by atoms with Crippen molar-refractivity contribution in [3.63, 3.8) is 0 Å². The van der Waals surface area contributed by atoms with Crippen molar-refractivity contribution in [1.29, 1.82) is 0 Å². The molecule has 0 radical (unpaired) electrons. The Kier molecular flexibility index (Phi) is 8.31. The number of aryl methyl sites for hydroxylation is 2. The minimum atomic E-state index is 0.256. The summed E-state index contributed by atoms with van der Waals surface area (Å²) in [5.74, 6) is 1.32. The number of rotatable bonds is 8. The smallest absolute Gasteiger partial charge is 0.127 e. The molecule has 0 saturated heterocycles. The molecule has 0 aliphatic heterocycles. The average Bonchev–Trinajstić information content (AvgIpc) is 2.93. The van der Waals surface area contributed by atoms with Crippen LogP contribution in [0.4, 0.5) is 11.4 Å². The molecule has 0 bridgehead atoms. The Hall–Kier alpha value is -3.92. The van der Waals surface area contributed by atoms with Crippen molar-refractivity contribution >= 4 is 34.6 Å². The summed E-state index contributed by atoms with van der Waals surface area (Å²) in [7, 11) is 0. The number of phenols is 2. The molecule has 0 aliphatic rings. The van der Waals surface area contributed by atoms with Crippen molar-refractivity contribution < 1.29 is 10.2 Å². The highest BCUT2D eigenvalue weighted by Gasteiger charge is 2.12. The van der Waals surface area contributed by atoms with Crippen molar-refractivity contribution in [2.75, 3.05) is 0 Å². The molecule has 0 saturated carbocycles. The van der Waals surface area contributed by atoms with Gasteiger partial charge in [0, 0.05) is 28.9 Å². The summed E-state index contributed by atoms with van der Waals surface area (Å²) in [4.78, 5) is 9.64. The molecule has 196 valence electrons. The van der Waals surface area contributed by atoms with Gasteiger partial charge in [-0.25, -0.2) is 0 Å². The summed E-state index contributed by atoms with van der Waals surface area (Å²) in [6.45, 7) is 12.6. The quantitative estimate of drug-likeness (QED) is 0.234. The summed E-state index contributed by atoms with van der Waals surface area (Å²) >= 11 is 0. The lowest BCUT2D eigenvalue weighted by molar-refractivity contribution is 0.469. The molecule has 0 heterocycles. The number of hydrogen-bond donors (Lipinski definition) is 2. The first-order valence-electron chi connectivity index (χ1n) is 13.5. The fourth-order valence-corrected chi connectivity index (χ4v) is 4.70. The second-order valence-corrected chi connectivity index (χ2v) is 10.3. The predicted octanol–water partition coefficient (Wildman–Crippen LogP) is 9.40. The van der Waals surface area contributed by atoms with Gasteiger partial charge >= 0.3 is 0 Å². The molecule has 4 aromatic rings. The summed E-state index contributed by atoms with van der Waals surface area (Å²) in [6, 6.07) is 20.1. The van der Waals surface area contributed by atoms with E-state index in [1.807, 2.05) is 62.4 Å². The summed E-state index contributed by atoms with van der Waals surface area (Å²) < 4.78 is 0. The molecule has 0 fully saturated rings. The fourth-order valence-electron chi connectivity index (χ4n) is 4.70. The Morgan fingerprint density at radius 3 is 1.50 bits per heavy atom. The summed E-state index contributed by atoms with van der Waals surface area (Å²) in [5, 5.41) is 23.4. The lowest BCUT2D eigenvalue weighted by atomic mass is 9.94. The zero-order valence-electron chi connectivity index (χ0n) is 23.3. The third-order valence-corrected chi connectivity index (χ3v) is 7.61. The highest BCUT2D eigenvalue weighted by Crippen LogP contribution is 2.36. The molecule has 38 heavy (non-hydrogen) atoms. The lowest BCUT2D eigenvalue weighted by Crippen LogP contribution is -1.96. The van der Waals surface area contributed by atoms with Crippen LogP contribution in [0.5, 0.6) is 11.5 Å². The van der Waals surface area contributed by atoms with Crippen LogP contribution in [0.15, 0.2) is 70.6 Å². The van der Waals surface area contributed by atoms with Crippen LogP contribution in [0.2, 0.25) is 0 Å². The molecule has 4 nitrogen and oxygen atoms in total. The van der Waals surface area contributed by atoms with Gasteiger partial charge in [-0.15, -0.1) is 0 Å². The second kappa shape index (κ2) is 11.6. The molecule has 2 atom stereocenters. The van der Waals surface area contributed by atoms with E-state index in [1.165, 1.54) is 11.1 Å². The molecule has 2 N–H and O–H groups in total. The van der Waals surface area contributed by atoms with E-state index in [-0.39, 0.29) is 11.5 Å². The Bertz CT molecular complexity index is 1410. The number of nitrogens with zero attached hydrogens (tertiary/aromatic N) is 2. The van der Waals surface area contributed by atoms with Gasteiger partial charge in [0.2, 0.25) is 0 Å². The zero-order chi connectivity index (χ0) is 27.4. The number of aliphatic imine (C=N–C) groups is 2. The van der Waals surface area contributed by atoms with Crippen molar-refractivity contribution in [2.24, 2.45) is 9.98 Å². The molecule has 2 unspecified atom stereocenters. The Labute approximate surface area is 226 Å². The molecular weight excluding hydrogens is 468 g/mol. The van der Waals surface area contributed by atoms with Gasteiger partial charge in [0.15, 0.2) is 0 Å². The van der Waals surface area contributed by atoms with Crippen molar-refractivity contribution in [2.45, 2.75) is 66.2 Å². The molecule has 4 heteroatoms. The van der Waals surface area contributed by atoms with Gasteiger partial charge in [0.1, 0.15) is 11.5 Å². The van der Waals surface area contributed by atoms with E-state index in [4.69, 9.17) is 9.98 Å². The maximum Gasteiger partial charge on any atom is 0.127 e. The van der Waals surface area contributed by atoms with Crippen LogP contribution in [0.1, 0.15) is 85.8 Å². The molecular formula is C34H38N2O2. The molecule has 0 spiro atoms. The van der Waals surface area contributed by atoms with Gasteiger partial charge in [-0.2, -0.15) is 0 Å². The first-order chi connectivity index (χ1) is 18.2. The second-order valence-electron chi connectivity index (χ2n) is 10.3. The minimum Gasteiger partial charge on any atom is -0.507 e. The molecule has 4 aromatic carbocycles. The summed E-state index contributed by atoms with van der Waals surface area (Å²) in [6.07, 6.45) is 5.55. The van der Waals surface area contributed by atoms with Crippen molar-refractivity contribution in [3.05, 3.63) is 94.0 Å². The van der Waals surface area contributed by atoms with E-state index < -0.39 is 0 Å². The first-order valence-corrected chi connectivity index (χ1v) is 13.5. The molecule has 4 rings (SSSR count). The number of benzene rings is 4. The van der Waals surface area contributed by atoms with E-state index in [0.29, 0.717) is 23.0 Å². The SMILES string of the molecule is CCC(C)c1cc(C)c(O)c(C=Nc2cccc3cccc(N=Cc4cc(C(C)CC)cc(C)c4O)c23)c1. The van der Waals surface area contributed by atoms with E-state index in [2.05, 4.69) is 39.8 Å². The lowest BCUT2D eigenvalue weighted by Gasteiger charge is -2.13. The van der Waals surface area contributed by atoms with Crippen LogP contribution in [0.25, 0.3) is 10.8 Å². The van der Waals surface area contributed by atoms with Gasteiger partial charge in [0.05, 0.1) is 11.4 Å². The number of phenolic OH excluding ortho intramolecular Hbond substituents is 2. The minimum absolute atomic E-state index is 0.256. The van der Waals surface area contributed by atoms with E-state index in [9.17, 15) is 10.2 Å². The van der Waals surface area contributed by atoms with Crippen molar-refractivity contribution in [3.8, 4) is 11.5 Å². The fraction of sp³-hybridized carbons (Fsp3) is 0.294. The standard InChI is InChI=1S/C34H38N2O2/c1-7-21(3)26-15-23(5)33(37)28(17-26)19-35-30-13-9-11-25-12-10-14-31(32(25)30)36-20-29-18-27(22(4)8-2)16-24(6)34(29)38/h9-22,37-38H,7-8H2,1-6H3. The maximum atomic E-state index is 10.7. The van der Waals surface area contributed by atoms with Crippen LogP contribution < -0.4 is 0 Å². The maximum absolute atomic E-state index is 10.7. The third-order valence-electron chi connectivity index (χ3n) is 7.61. The highest BCUT2D eigenvalue weighted by molar-refractivity contribution is 6.04. The number of hydrogen-bond acceptors (Lipinski definition) is 4. The highest BCUT2D eigenvalue weighted by atomic mass is 16.3. The van der Waals surface area contributed by atoms with Gasteiger partial charge in [-0.05, 0) is 90.4 Å². The average molecular weight is 507 g/mol. The normalized spacial score (nSPS) is 13.5. The topological polar surface area (TPSA) is 65.2 Å². The van der Waals surface area contributed by atoms with E-state index in [0.717, 1.165) is 46.1 Å². The van der Waals surface area contributed by atoms with E-state index >= 15 is 0 Å². The Balaban J connectivity index is 1.78. The summed E-state index contributed by atoms with van der Waals surface area (Å²) in [5.41, 5.74) is 7.06. The molecule has 0 amide bonds. The Morgan fingerprint density at radius 2 is 1.11 bits per heavy atom. The monoisotopic (exact) mass is 506 g/mol. The predicted molar refractivity (Wildman–Crippen MR) is 162 cm³/mol. The molecule has 0 aromatic heterocycles. The molecule has 0 aliphatic carbocycles. The van der Waals surface area contributed by atoms with Gasteiger partial charge in [-0.3, -0.25) is 9.98 Å². The van der Waals surface area contributed by atoms with Crippen molar-refractivity contribution in [1.82, 2.24) is 0 Å². The van der Waals surface area contributed by atoms with Crippen LogP contribution in [-0.2, 0) is 0 Å². The zero-order valence-corrected chi connectivity index (χ0v) is 23.3. The number of fused-ring (bicyclic) bond motifs is 1. The Morgan fingerprint density at radius 1 is 0.684 bits per heavy atom. The van der Waals surface area contributed by atoms with Crippen LogP contribution >= 0.6 is 0 Å². The number of aromatic hydroxyl groups is 2. The van der Waals surface area contributed by atoms with Crippen LogP contribution in [-0.4, -0.2) is 22.6 Å². The van der Waals surface area contributed by atoms with Crippen LogP contribution in [0, 0.1) is 13.8 Å². The van der Waals surface area contributed by atoms with Crippen LogP contribution in [0.3, 0.4) is 0 Å². The van der Waals surface area contributed by atoms with E-state index in [1.54, 1.807) is 12.4 Å². The van der Waals surface area contributed by atoms with Gasteiger partial charge < -0.3 is 10.2 Å². The first kappa shape index (κ1) is 27.1.